The average molecular weight is 174 g/mol. The molecule has 1 aliphatic rings. The Balaban J connectivity index is 2.46. The van der Waals surface area contributed by atoms with E-state index in [1.807, 2.05) is 0 Å². The molecule has 1 fully saturated rings. The third kappa shape index (κ3) is 2.17. The van der Waals surface area contributed by atoms with Crippen molar-refractivity contribution in [2.45, 2.75) is 25.2 Å². The summed E-state index contributed by atoms with van der Waals surface area (Å²) in [5, 5.41) is 24.0. The minimum Gasteiger partial charge on any atom is -0.389 e. The maximum atomic E-state index is 10.6. The fraction of sp³-hybridized carbons (Fsp3) is 0.857. The SMILES string of the molecule is CC(=O)N[C@H]1CNC[C@@H](O)[C@@H]1O. The molecular formula is C7H14N2O3. The lowest BCUT2D eigenvalue weighted by atomic mass is 10.0. The standard InChI is InChI=1S/C7H14N2O3/c1-4(10)9-5-2-8-3-6(11)7(5)12/h5-8,11-12H,2-3H2,1H3,(H,9,10)/t5-,6+,7+/m0/s1. The number of aliphatic hydroxyl groups excluding tert-OH is 2. The monoisotopic (exact) mass is 174 g/mol. The molecular weight excluding hydrogens is 160 g/mol. The van der Waals surface area contributed by atoms with Gasteiger partial charge in [-0.25, -0.2) is 0 Å². The fourth-order valence-electron chi connectivity index (χ4n) is 1.29. The molecule has 0 aliphatic carbocycles. The van der Waals surface area contributed by atoms with Gasteiger partial charge in [0.15, 0.2) is 0 Å². The molecule has 0 saturated carbocycles. The Labute approximate surface area is 70.8 Å². The third-order valence-electron chi connectivity index (χ3n) is 1.91. The summed E-state index contributed by atoms with van der Waals surface area (Å²) in [6.45, 7) is 2.25. The lowest BCUT2D eigenvalue weighted by molar-refractivity contribution is -0.121. The van der Waals surface area contributed by atoms with E-state index in [1.54, 1.807) is 0 Å². The van der Waals surface area contributed by atoms with Gasteiger partial charge in [-0.2, -0.15) is 0 Å². The summed E-state index contributed by atoms with van der Waals surface area (Å²) < 4.78 is 0. The van der Waals surface area contributed by atoms with Crippen LogP contribution in [0.4, 0.5) is 0 Å². The van der Waals surface area contributed by atoms with Gasteiger partial charge in [0.1, 0.15) is 6.10 Å². The van der Waals surface area contributed by atoms with Crippen LogP contribution >= 0.6 is 0 Å². The zero-order valence-corrected chi connectivity index (χ0v) is 6.95. The molecule has 0 unspecified atom stereocenters. The minimum absolute atomic E-state index is 0.199. The Morgan fingerprint density at radius 1 is 1.50 bits per heavy atom. The molecule has 0 aromatic heterocycles. The topological polar surface area (TPSA) is 81.6 Å². The van der Waals surface area contributed by atoms with Crippen LogP contribution in [-0.2, 0) is 4.79 Å². The molecule has 5 nitrogen and oxygen atoms in total. The molecule has 0 aromatic carbocycles. The average Bonchev–Trinajstić information content (AvgIpc) is 1.98. The number of nitrogens with one attached hydrogen (secondary N) is 2. The van der Waals surface area contributed by atoms with Gasteiger partial charge in [0.2, 0.25) is 5.91 Å². The van der Waals surface area contributed by atoms with Crippen molar-refractivity contribution in [3.8, 4) is 0 Å². The highest BCUT2D eigenvalue weighted by Crippen LogP contribution is 2.03. The Bertz CT molecular complexity index is 174. The summed E-state index contributed by atoms with van der Waals surface area (Å²) in [5.41, 5.74) is 0. The molecule has 12 heavy (non-hydrogen) atoms. The number of β-amino-alcohol motifs (C(OH)–C–C–N with tert-alkyl or cyclic N) is 1. The molecule has 1 aliphatic heterocycles. The molecule has 70 valence electrons. The van der Waals surface area contributed by atoms with Crippen LogP contribution < -0.4 is 10.6 Å². The largest absolute Gasteiger partial charge is 0.389 e. The van der Waals surface area contributed by atoms with Crippen LogP contribution in [-0.4, -0.2) is 47.5 Å². The number of aliphatic hydroxyl groups is 2. The summed E-state index contributed by atoms with van der Waals surface area (Å²) >= 11 is 0. The second-order valence-electron chi connectivity index (χ2n) is 3.02. The maximum Gasteiger partial charge on any atom is 0.217 e. The smallest absolute Gasteiger partial charge is 0.217 e. The molecule has 0 aromatic rings. The quantitative estimate of drug-likeness (QED) is 0.364. The molecule has 1 amide bonds. The molecule has 1 heterocycles. The molecule has 1 saturated heterocycles. The summed E-state index contributed by atoms with van der Waals surface area (Å²) in [5.74, 6) is -0.199. The summed E-state index contributed by atoms with van der Waals surface area (Å²) in [4.78, 5) is 10.6. The van der Waals surface area contributed by atoms with Gasteiger partial charge in [0.05, 0.1) is 12.1 Å². The van der Waals surface area contributed by atoms with Crippen molar-refractivity contribution < 1.29 is 15.0 Å². The predicted octanol–water partition coefficient (Wildman–Crippen LogP) is -2.18. The van der Waals surface area contributed by atoms with E-state index in [9.17, 15) is 15.0 Å². The van der Waals surface area contributed by atoms with Crippen LogP contribution in [0.25, 0.3) is 0 Å². The van der Waals surface area contributed by atoms with Gasteiger partial charge in [-0.05, 0) is 0 Å². The number of piperidine rings is 1. The summed E-state index contributed by atoms with van der Waals surface area (Å²) in [6, 6.07) is -0.383. The molecule has 0 radical (unpaired) electrons. The van der Waals surface area contributed by atoms with E-state index in [-0.39, 0.29) is 11.9 Å². The summed E-state index contributed by atoms with van der Waals surface area (Å²) in [7, 11) is 0. The lowest BCUT2D eigenvalue weighted by Gasteiger charge is -2.32. The molecule has 5 heteroatoms. The van der Waals surface area contributed by atoms with Gasteiger partial charge in [0.25, 0.3) is 0 Å². The highest BCUT2D eigenvalue weighted by atomic mass is 16.3. The molecule has 3 atom stereocenters. The van der Waals surface area contributed by atoms with Crippen LogP contribution in [0.2, 0.25) is 0 Å². The second-order valence-corrected chi connectivity index (χ2v) is 3.02. The van der Waals surface area contributed by atoms with Crippen molar-refractivity contribution in [3.05, 3.63) is 0 Å². The van der Waals surface area contributed by atoms with E-state index in [1.165, 1.54) is 6.92 Å². The highest BCUT2D eigenvalue weighted by Gasteiger charge is 2.30. The van der Waals surface area contributed by atoms with Crippen molar-refractivity contribution >= 4 is 5.91 Å². The van der Waals surface area contributed by atoms with E-state index >= 15 is 0 Å². The number of hydrogen-bond donors (Lipinski definition) is 4. The third-order valence-corrected chi connectivity index (χ3v) is 1.91. The number of rotatable bonds is 1. The summed E-state index contributed by atoms with van der Waals surface area (Å²) in [6.07, 6.45) is -1.66. The molecule has 4 N–H and O–H groups in total. The molecule has 0 spiro atoms. The van der Waals surface area contributed by atoms with E-state index in [2.05, 4.69) is 10.6 Å². The van der Waals surface area contributed by atoms with Gasteiger partial charge in [-0.3, -0.25) is 4.79 Å². The lowest BCUT2D eigenvalue weighted by Crippen LogP contribution is -2.59. The minimum atomic E-state index is -0.866. The van der Waals surface area contributed by atoms with E-state index in [0.717, 1.165) is 0 Å². The first-order valence-corrected chi connectivity index (χ1v) is 3.95. The number of hydrogen-bond acceptors (Lipinski definition) is 4. The first-order valence-electron chi connectivity index (χ1n) is 3.95. The maximum absolute atomic E-state index is 10.6. The highest BCUT2D eigenvalue weighted by molar-refractivity contribution is 5.73. The number of amides is 1. The van der Waals surface area contributed by atoms with Crippen LogP contribution in [0, 0.1) is 0 Å². The zero-order chi connectivity index (χ0) is 9.14. The van der Waals surface area contributed by atoms with Crippen molar-refractivity contribution in [2.24, 2.45) is 0 Å². The molecule has 0 bridgehead atoms. The van der Waals surface area contributed by atoms with Crippen LogP contribution in [0.5, 0.6) is 0 Å². The van der Waals surface area contributed by atoms with Gasteiger partial charge in [0, 0.05) is 20.0 Å². The fourth-order valence-corrected chi connectivity index (χ4v) is 1.29. The van der Waals surface area contributed by atoms with Crippen molar-refractivity contribution in [1.82, 2.24) is 10.6 Å². The Kier molecular flexibility index (Phi) is 3.02. The number of carbonyl (C=O) groups is 1. The van der Waals surface area contributed by atoms with E-state index < -0.39 is 12.2 Å². The van der Waals surface area contributed by atoms with Crippen LogP contribution in [0.15, 0.2) is 0 Å². The van der Waals surface area contributed by atoms with Gasteiger partial charge in [-0.1, -0.05) is 0 Å². The zero-order valence-electron chi connectivity index (χ0n) is 6.95. The van der Waals surface area contributed by atoms with E-state index in [0.29, 0.717) is 13.1 Å². The van der Waals surface area contributed by atoms with Crippen LogP contribution in [0.1, 0.15) is 6.92 Å². The van der Waals surface area contributed by atoms with Crippen molar-refractivity contribution in [2.75, 3.05) is 13.1 Å². The second kappa shape index (κ2) is 3.84. The van der Waals surface area contributed by atoms with E-state index in [4.69, 9.17) is 0 Å². The number of carbonyl (C=O) groups excluding carboxylic acids is 1. The van der Waals surface area contributed by atoms with Gasteiger partial charge >= 0.3 is 0 Å². The molecule has 1 rings (SSSR count). The van der Waals surface area contributed by atoms with Crippen molar-refractivity contribution in [1.29, 1.82) is 0 Å². The Morgan fingerprint density at radius 2 is 2.17 bits per heavy atom. The Hall–Kier alpha value is -0.650. The van der Waals surface area contributed by atoms with Gasteiger partial charge < -0.3 is 20.8 Å². The first kappa shape index (κ1) is 9.44. The first-order chi connectivity index (χ1) is 5.61. The van der Waals surface area contributed by atoms with Crippen LogP contribution in [0.3, 0.4) is 0 Å². The Morgan fingerprint density at radius 3 is 2.75 bits per heavy atom. The normalized spacial score (nSPS) is 36.1. The van der Waals surface area contributed by atoms with Gasteiger partial charge in [-0.15, -0.1) is 0 Å². The van der Waals surface area contributed by atoms with Crippen molar-refractivity contribution in [3.63, 3.8) is 0 Å². The predicted molar refractivity (Wildman–Crippen MR) is 42.5 cm³/mol.